The van der Waals surface area contributed by atoms with Crippen LogP contribution < -0.4 is 5.32 Å². The summed E-state index contributed by atoms with van der Waals surface area (Å²) in [6, 6.07) is 1.30. The van der Waals surface area contributed by atoms with Crippen molar-refractivity contribution in [2.75, 3.05) is 13.1 Å². The fraction of sp³-hybridized carbons (Fsp3) is 0.944. The Balaban J connectivity index is 1.48. The van der Waals surface area contributed by atoms with E-state index in [4.69, 9.17) is 4.74 Å². The number of nitrogens with one attached hydrogen (secondary N) is 1. The van der Waals surface area contributed by atoms with Crippen LogP contribution in [0, 0.1) is 23.7 Å². The Kier molecular flexibility index (Phi) is 4.17. The first-order chi connectivity index (χ1) is 10.3. The predicted octanol–water partition coefficient (Wildman–Crippen LogP) is 3.27. The van der Waals surface area contributed by atoms with Crippen molar-refractivity contribution in [2.24, 2.45) is 23.7 Å². The van der Waals surface area contributed by atoms with Crippen LogP contribution in [0.25, 0.3) is 0 Å². The fourth-order valence-corrected chi connectivity index (χ4v) is 4.48. The van der Waals surface area contributed by atoms with Gasteiger partial charge >= 0.3 is 6.09 Å². The summed E-state index contributed by atoms with van der Waals surface area (Å²) in [6.45, 7) is 12.3. The average Bonchev–Trinajstić information content (AvgIpc) is 2.83. The smallest absolute Gasteiger partial charge is 0.410 e. The zero-order valence-corrected chi connectivity index (χ0v) is 14.8. The molecule has 0 aromatic rings. The van der Waals surface area contributed by atoms with Crippen molar-refractivity contribution in [1.29, 1.82) is 0 Å². The highest BCUT2D eigenvalue weighted by atomic mass is 16.6. The third-order valence-corrected chi connectivity index (χ3v) is 5.78. The molecule has 1 saturated heterocycles. The molecule has 126 valence electrons. The highest BCUT2D eigenvalue weighted by Gasteiger charge is 2.58. The standard InChI is InChI=1S/C18H32N2O2/c1-11-7-6-8-12(2)15(11)19-16-13-9-20(10-14(13)16)17(21)22-18(3,4)5/h11-16,19H,6-10H2,1-5H3. The van der Waals surface area contributed by atoms with Gasteiger partial charge in [0, 0.05) is 25.2 Å². The monoisotopic (exact) mass is 308 g/mol. The second-order valence-corrected chi connectivity index (χ2v) is 8.82. The highest BCUT2D eigenvalue weighted by Crippen LogP contribution is 2.47. The molecule has 4 atom stereocenters. The summed E-state index contributed by atoms with van der Waals surface area (Å²) in [5.74, 6) is 2.86. The number of piperidine rings is 1. The van der Waals surface area contributed by atoms with E-state index in [0.717, 1.165) is 24.9 Å². The SMILES string of the molecule is CC1CCCC(C)C1NC1C2CN(C(=O)OC(C)(C)C)CC21. The Labute approximate surface area is 135 Å². The molecule has 2 saturated carbocycles. The van der Waals surface area contributed by atoms with E-state index in [1.807, 2.05) is 25.7 Å². The Morgan fingerprint density at radius 2 is 1.59 bits per heavy atom. The average molecular weight is 308 g/mol. The minimum absolute atomic E-state index is 0.141. The summed E-state index contributed by atoms with van der Waals surface area (Å²) in [5, 5.41) is 3.92. The van der Waals surface area contributed by atoms with Gasteiger partial charge in [-0.1, -0.05) is 20.3 Å². The van der Waals surface area contributed by atoms with Crippen molar-refractivity contribution < 1.29 is 9.53 Å². The van der Waals surface area contributed by atoms with E-state index in [1.54, 1.807) is 0 Å². The number of hydrogen-bond donors (Lipinski definition) is 1. The van der Waals surface area contributed by atoms with Crippen LogP contribution in [-0.2, 0) is 4.74 Å². The van der Waals surface area contributed by atoms with Crippen molar-refractivity contribution in [1.82, 2.24) is 10.2 Å². The number of carbonyl (C=O) groups is 1. The molecule has 0 aromatic heterocycles. The molecule has 0 radical (unpaired) electrons. The van der Waals surface area contributed by atoms with Gasteiger partial charge in [0.2, 0.25) is 0 Å². The van der Waals surface area contributed by atoms with E-state index in [-0.39, 0.29) is 6.09 Å². The van der Waals surface area contributed by atoms with Gasteiger partial charge in [-0.25, -0.2) is 4.79 Å². The largest absolute Gasteiger partial charge is 0.444 e. The number of likely N-dealkylation sites (tertiary alicyclic amines) is 1. The number of fused-ring (bicyclic) bond motifs is 1. The first-order valence-electron chi connectivity index (χ1n) is 9.00. The van der Waals surface area contributed by atoms with Crippen LogP contribution in [0.3, 0.4) is 0 Å². The molecule has 4 nitrogen and oxygen atoms in total. The van der Waals surface area contributed by atoms with Crippen LogP contribution in [-0.4, -0.2) is 41.8 Å². The van der Waals surface area contributed by atoms with Gasteiger partial charge in [0.25, 0.3) is 0 Å². The van der Waals surface area contributed by atoms with E-state index in [1.165, 1.54) is 19.3 Å². The summed E-state index contributed by atoms with van der Waals surface area (Å²) >= 11 is 0. The molecule has 3 rings (SSSR count). The molecule has 1 heterocycles. The summed E-state index contributed by atoms with van der Waals surface area (Å²) < 4.78 is 5.48. The predicted molar refractivity (Wildman–Crippen MR) is 87.7 cm³/mol. The third-order valence-electron chi connectivity index (χ3n) is 5.78. The second-order valence-electron chi connectivity index (χ2n) is 8.82. The van der Waals surface area contributed by atoms with Crippen LogP contribution in [0.5, 0.6) is 0 Å². The molecule has 4 unspecified atom stereocenters. The van der Waals surface area contributed by atoms with Gasteiger partial charge in [0.05, 0.1) is 0 Å². The normalized spacial score (nSPS) is 41.2. The summed E-state index contributed by atoms with van der Waals surface area (Å²) in [5.41, 5.74) is -0.394. The number of carbonyl (C=O) groups excluding carboxylic acids is 1. The summed E-state index contributed by atoms with van der Waals surface area (Å²) in [6.07, 6.45) is 3.95. The number of amides is 1. The zero-order valence-electron chi connectivity index (χ0n) is 14.8. The van der Waals surface area contributed by atoms with Crippen molar-refractivity contribution in [3.05, 3.63) is 0 Å². The quantitative estimate of drug-likeness (QED) is 0.851. The molecule has 1 aliphatic heterocycles. The van der Waals surface area contributed by atoms with Gasteiger partial charge in [0.15, 0.2) is 0 Å². The molecule has 2 aliphatic carbocycles. The Morgan fingerprint density at radius 3 is 2.09 bits per heavy atom. The summed E-state index contributed by atoms with van der Waals surface area (Å²) in [4.78, 5) is 14.0. The lowest BCUT2D eigenvalue weighted by Crippen LogP contribution is -2.47. The third kappa shape index (κ3) is 3.27. The lowest BCUT2D eigenvalue weighted by Gasteiger charge is -2.36. The van der Waals surface area contributed by atoms with Crippen LogP contribution in [0.15, 0.2) is 0 Å². The summed E-state index contributed by atoms with van der Waals surface area (Å²) in [7, 11) is 0. The minimum Gasteiger partial charge on any atom is -0.444 e. The maximum atomic E-state index is 12.1. The van der Waals surface area contributed by atoms with Gasteiger partial charge < -0.3 is 15.0 Å². The van der Waals surface area contributed by atoms with E-state index >= 15 is 0 Å². The van der Waals surface area contributed by atoms with E-state index in [9.17, 15) is 4.79 Å². The van der Waals surface area contributed by atoms with Crippen molar-refractivity contribution in [3.63, 3.8) is 0 Å². The molecule has 3 aliphatic rings. The number of rotatable bonds is 2. The van der Waals surface area contributed by atoms with Gasteiger partial charge in [-0.2, -0.15) is 0 Å². The number of nitrogens with zero attached hydrogens (tertiary/aromatic N) is 1. The number of ether oxygens (including phenoxy) is 1. The van der Waals surface area contributed by atoms with Crippen molar-refractivity contribution >= 4 is 6.09 Å². The van der Waals surface area contributed by atoms with Crippen LogP contribution in [0.1, 0.15) is 53.9 Å². The van der Waals surface area contributed by atoms with Gasteiger partial charge in [-0.15, -0.1) is 0 Å². The van der Waals surface area contributed by atoms with E-state index in [2.05, 4.69) is 19.2 Å². The molecular weight excluding hydrogens is 276 g/mol. The second kappa shape index (κ2) is 5.70. The van der Waals surface area contributed by atoms with Crippen LogP contribution in [0.4, 0.5) is 4.79 Å². The highest BCUT2D eigenvalue weighted by molar-refractivity contribution is 5.69. The topological polar surface area (TPSA) is 41.6 Å². The molecule has 0 aromatic carbocycles. The van der Waals surface area contributed by atoms with Crippen LogP contribution >= 0.6 is 0 Å². The molecule has 1 amide bonds. The number of hydrogen-bond acceptors (Lipinski definition) is 3. The van der Waals surface area contributed by atoms with Gasteiger partial charge in [0.1, 0.15) is 5.60 Å². The van der Waals surface area contributed by atoms with E-state index in [0.29, 0.717) is 23.9 Å². The lowest BCUT2D eigenvalue weighted by molar-refractivity contribution is 0.0266. The molecule has 22 heavy (non-hydrogen) atoms. The zero-order chi connectivity index (χ0) is 16.1. The fourth-order valence-electron chi connectivity index (χ4n) is 4.48. The first kappa shape index (κ1) is 16.1. The molecule has 1 N–H and O–H groups in total. The first-order valence-corrected chi connectivity index (χ1v) is 9.00. The Hall–Kier alpha value is -0.770. The maximum Gasteiger partial charge on any atom is 0.410 e. The molecule has 0 bridgehead atoms. The van der Waals surface area contributed by atoms with Crippen molar-refractivity contribution in [3.8, 4) is 0 Å². The Bertz CT molecular complexity index is 409. The van der Waals surface area contributed by atoms with Crippen LogP contribution in [0.2, 0.25) is 0 Å². The Morgan fingerprint density at radius 1 is 1.05 bits per heavy atom. The molecular formula is C18H32N2O2. The minimum atomic E-state index is -0.394. The molecule has 0 spiro atoms. The lowest BCUT2D eigenvalue weighted by atomic mass is 9.78. The van der Waals surface area contributed by atoms with Gasteiger partial charge in [-0.3, -0.25) is 0 Å². The maximum absolute atomic E-state index is 12.1. The van der Waals surface area contributed by atoms with Crippen molar-refractivity contribution in [2.45, 2.75) is 71.6 Å². The van der Waals surface area contributed by atoms with E-state index < -0.39 is 5.60 Å². The van der Waals surface area contributed by atoms with Gasteiger partial charge in [-0.05, 0) is 57.3 Å². The molecule has 4 heteroatoms. The molecule has 3 fully saturated rings.